The van der Waals surface area contributed by atoms with Gasteiger partial charge in [0.15, 0.2) is 0 Å². The lowest BCUT2D eigenvalue weighted by molar-refractivity contribution is -0.154. The van der Waals surface area contributed by atoms with E-state index in [9.17, 15) is 4.79 Å². The number of morpholine rings is 1. The maximum atomic E-state index is 12.8. The molecule has 1 aliphatic heterocycles. The van der Waals surface area contributed by atoms with Crippen molar-refractivity contribution in [1.29, 1.82) is 0 Å². The number of carbonyl (C=O) groups excluding carboxylic acids is 1. The average molecular weight is 268 g/mol. The van der Waals surface area contributed by atoms with Crippen LogP contribution in [-0.4, -0.2) is 42.1 Å². The molecule has 2 N–H and O–H groups in total. The van der Waals surface area contributed by atoms with Crippen LogP contribution in [0.1, 0.15) is 40.5 Å². The monoisotopic (exact) mass is 268 g/mol. The van der Waals surface area contributed by atoms with Crippen LogP contribution in [-0.2, 0) is 9.53 Å². The van der Waals surface area contributed by atoms with Gasteiger partial charge in [-0.15, -0.1) is 0 Å². The molecule has 1 saturated heterocycles. The Morgan fingerprint density at radius 1 is 1.26 bits per heavy atom. The van der Waals surface area contributed by atoms with E-state index in [-0.39, 0.29) is 23.4 Å². The van der Waals surface area contributed by atoms with Gasteiger partial charge in [0, 0.05) is 18.5 Å². The molecule has 1 aliphatic carbocycles. The molecule has 1 amide bonds. The predicted octanol–water partition coefficient (Wildman–Crippen LogP) is 1.63. The van der Waals surface area contributed by atoms with Gasteiger partial charge in [0.05, 0.1) is 18.8 Å². The highest BCUT2D eigenvalue weighted by atomic mass is 16.5. The second-order valence-corrected chi connectivity index (χ2v) is 7.05. The number of carbonyl (C=O) groups is 1. The molecule has 0 aromatic heterocycles. The summed E-state index contributed by atoms with van der Waals surface area (Å²) in [5.41, 5.74) is 5.98. The first-order valence-electron chi connectivity index (χ1n) is 7.47. The summed E-state index contributed by atoms with van der Waals surface area (Å²) < 4.78 is 5.50. The Balaban J connectivity index is 2.10. The number of rotatable bonds is 1. The van der Waals surface area contributed by atoms with Gasteiger partial charge in [-0.3, -0.25) is 4.79 Å². The van der Waals surface area contributed by atoms with E-state index in [1.807, 2.05) is 4.90 Å². The van der Waals surface area contributed by atoms with Crippen LogP contribution in [0.5, 0.6) is 0 Å². The van der Waals surface area contributed by atoms with Gasteiger partial charge < -0.3 is 15.4 Å². The van der Waals surface area contributed by atoms with Gasteiger partial charge in [0.2, 0.25) is 5.91 Å². The van der Waals surface area contributed by atoms with Crippen molar-refractivity contribution >= 4 is 5.91 Å². The third-order valence-electron chi connectivity index (χ3n) is 4.92. The zero-order valence-corrected chi connectivity index (χ0v) is 12.7. The number of hydrogen-bond acceptors (Lipinski definition) is 3. The summed E-state index contributed by atoms with van der Waals surface area (Å²) in [6.07, 6.45) is 1.89. The Bertz CT molecular complexity index is 343. The molecule has 0 aromatic carbocycles. The third kappa shape index (κ3) is 2.95. The van der Waals surface area contributed by atoms with Crippen molar-refractivity contribution in [2.45, 2.75) is 52.1 Å². The molecule has 1 heterocycles. The second-order valence-electron chi connectivity index (χ2n) is 7.05. The lowest BCUT2D eigenvalue weighted by atomic mass is 9.72. The molecule has 2 aliphatic rings. The van der Waals surface area contributed by atoms with E-state index in [1.165, 1.54) is 0 Å². The van der Waals surface area contributed by atoms with Gasteiger partial charge in [0.25, 0.3) is 0 Å². The summed E-state index contributed by atoms with van der Waals surface area (Å²) in [6.45, 7) is 10.5. The van der Waals surface area contributed by atoms with E-state index in [2.05, 4.69) is 27.7 Å². The largest absolute Gasteiger partial charge is 0.377 e. The molecule has 0 spiro atoms. The Morgan fingerprint density at radius 3 is 2.58 bits per heavy atom. The van der Waals surface area contributed by atoms with Crippen LogP contribution >= 0.6 is 0 Å². The molecule has 0 aromatic rings. The van der Waals surface area contributed by atoms with Crippen LogP contribution in [0, 0.1) is 17.8 Å². The van der Waals surface area contributed by atoms with Crippen LogP contribution < -0.4 is 5.73 Å². The van der Waals surface area contributed by atoms with E-state index in [1.54, 1.807) is 0 Å². The zero-order chi connectivity index (χ0) is 14.2. The summed E-state index contributed by atoms with van der Waals surface area (Å²) in [5.74, 6) is 1.32. The van der Waals surface area contributed by atoms with Crippen molar-refractivity contribution in [2.75, 3.05) is 19.8 Å². The van der Waals surface area contributed by atoms with Gasteiger partial charge >= 0.3 is 0 Å². The molecule has 2 fully saturated rings. The van der Waals surface area contributed by atoms with E-state index in [0.717, 1.165) is 12.8 Å². The van der Waals surface area contributed by atoms with Crippen molar-refractivity contribution < 1.29 is 9.53 Å². The van der Waals surface area contributed by atoms with E-state index >= 15 is 0 Å². The molecular weight excluding hydrogens is 240 g/mol. The fourth-order valence-corrected chi connectivity index (χ4v) is 3.49. The molecule has 4 unspecified atom stereocenters. The topological polar surface area (TPSA) is 55.6 Å². The van der Waals surface area contributed by atoms with Crippen LogP contribution in [0.25, 0.3) is 0 Å². The standard InChI is InChI=1S/C15H28N2O2/c1-10-7-11(2)13(16)8-12(10)14(18)17-5-6-19-9-15(17,3)4/h10-13H,5-9,16H2,1-4H3. The Morgan fingerprint density at radius 2 is 1.95 bits per heavy atom. The van der Waals surface area contributed by atoms with Gasteiger partial charge in [-0.1, -0.05) is 13.8 Å². The van der Waals surface area contributed by atoms with Crippen LogP contribution in [0.15, 0.2) is 0 Å². The number of hydrogen-bond donors (Lipinski definition) is 1. The molecule has 0 bridgehead atoms. The molecular formula is C15H28N2O2. The van der Waals surface area contributed by atoms with Crippen molar-refractivity contribution in [3.8, 4) is 0 Å². The van der Waals surface area contributed by atoms with Crippen molar-refractivity contribution in [3.05, 3.63) is 0 Å². The first kappa shape index (κ1) is 14.8. The van der Waals surface area contributed by atoms with Gasteiger partial charge in [-0.25, -0.2) is 0 Å². The van der Waals surface area contributed by atoms with Crippen LogP contribution in [0.4, 0.5) is 0 Å². The fourth-order valence-electron chi connectivity index (χ4n) is 3.49. The third-order valence-corrected chi connectivity index (χ3v) is 4.92. The molecule has 4 atom stereocenters. The summed E-state index contributed by atoms with van der Waals surface area (Å²) in [5, 5.41) is 0. The molecule has 110 valence electrons. The van der Waals surface area contributed by atoms with Crippen molar-refractivity contribution in [1.82, 2.24) is 4.90 Å². The first-order valence-corrected chi connectivity index (χ1v) is 7.47. The lowest BCUT2D eigenvalue weighted by Gasteiger charge is -2.46. The summed E-state index contributed by atoms with van der Waals surface area (Å²) in [7, 11) is 0. The second kappa shape index (κ2) is 5.41. The molecule has 1 saturated carbocycles. The Kier molecular flexibility index (Phi) is 4.21. The molecule has 19 heavy (non-hydrogen) atoms. The fraction of sp³-hybridized carbons (Fsp3) is 0.933. The minimum Gasteiger partial charge on any atom is -0.377 e. The maximum Gasteiger partial charge on any atom is 0.226 e. The lowest BCUT2D eigenvalue weighted by Crippen LogP contribution is -2.58. The molecule has 4 heteroatoms. The first-order chi connectivity index (χ1) is 8.83. The highest BCUT2D eigenvalue weighted by molar-refractivity contribution is 5.80. The minimum atomic E-state index is -0.192. The number of nitrogens with two attached hydrogens (primary N) is 1. The highest BCUT2D eigenvalue weighted by Crippen LogP contribution is 2.35. The van der Waals surface area contributed by atoms with Crippen molar-refractivity contribution in [2.24, 2.45) is 23.5 Å². The summed E-state index contributed by atoms with van der Waals surface area (Å²) in [6, 6.07) is 0.161. The van der Waals surface area contributed by atoms with E-state index in [4.69, 9.17) is 10.5 Å². The van der Waals surface area contributed by atoms with Gasteiger partial charge in [-0.2, -0.15) is 0 Å². The highest BCUT2D eigenvalue weighted by Gasteiger charge is 2.42. The zero-order valence-electron chi connectivity index (χ0n) is 12.7. The SMILES string of the molecule is CC1CC(C)C(C(=O)N2CCOCC2(C)C)CC1N. The maximum absolute atomic E-state index is 12.8. The molecule has 2 rings (SSSR count). The smallest absolute Gasteiger partial charge is 0.226 e. The predicted molar refractivity (Wildman–Crippen MR) is 75.6 cm³/mol. The van der Waals surface area contributed by atoms with Gasteiger partial charge in [-0.05, 0) is 38.5 Å². The Labute approximate surface area is 116 Å². The van der Waals surface area contributed by atoms with Gasteiger partial charge in [0.1, 0.15) is 0 Å². The number of amides is 1. The summed E-state index contributed by atoms with van der Waals surface area (Å²) >= 11 is 0. The molecule has 0 radical (unpaired) electrons. The average Bonchev–Trinajstić information content (AvgIpc) is 2.32. The minimum absolute atomic E-state index is 0.0866. The number of nitrogens with zero attached hydrogens (tertiary/aromatic N) is 1. The van der Waals surface area contributed by atoms with Crippen molar-refractivity contribution in [3.63, 3.8) is 0 Å². The Hall–Kier alpha value is -0.610. The summed E-state index contributed by atoms with van der Waals surface area (Å²) in [4.78, 5) is 14.9. The van der Waals surface area contributed by atoms with Crippen LogP contribution in [0.2, 0.25) is 0 Å². The normalized spacial score (nSPS) is 39.1. The van der Waals surface area contributed by atoms with E-state index in [0.29, 0.717) is 31.6 Å². The molecule has 4 nitrogen and oxygen atoms in total. The van der Waals surface area contributed by atoms with E-state index < -0.39 is 0 Å². The number of ether oxygens (including phenoxy) is 1. The van der Waals surface area contributed by atoms with Crippen LogP contribution in [0.3, 0.4) is 0 Å². The quantitative estimate of drug-likeness (QED) is 0.786.